The molecule has 1 atom stereocenters. The minimum atomic E-state index is -0.353. The fourth-order valence-electron chi connectivity index (χ4n) is 3.39. The summed E-state index contributed by atoms with van der Waals surface area (Å²) in [4.78, 5) is 16.9. The van der Waals surface area contributed by atoms with E-state index in [9.17, 15) is 14.3 Å². The molecule has 8 heteroatoms. The first-order chi connectivity index (χ1) is 13.5. The highest BCUT2D eigenvalue weighted by Gasteiger charge is 2.32. The number of hydrogen-bond acceptors (Lipinski definition) is 5. The van der Waals surface area contributed by atoms with Crippen molar-refractivity contribution in [3.05, 3.63) is 59.8 Å². The van der Waals surface area contributed by atoms with Gasteiger partial charge in [-0.15, -0.1) is 0 Å². The van der Waals surface area contributed by atoms with E-state index in [0.717, 1.165) is 5.56 Å². The van der Waals surface area contributed by atoms with Gasteiger partial charge in [-0.25, -0.2) is 9.37 Å². The molecule has 0 aliphatic carbocycles. The molecule has 2 N–H and O–H groups in total. The third kappa shape index (κ3) is 2.92. The molecule has 0 unspecified atom stereocenters. The molecule has 2 aromatic carbocycles. The molecule has 3 aromatic rings. The monoisotopic (exact) mass is 383 g/mol. The van der Waals surface area contributed by atoms with Crippen molar-refractivity contribution < 1.29 is 23.8 Å². The second kappa shape index (κ2) is 6.88. The molecule has 144 valence electrons. The molecule has 0 spiro atoms. The molecular weight excluding hydrogens is 365 g/mol. The number of rotatable bonds is 4. The molecule has 1 aliphatic heterocycles. The molecule has 0 bridgehead atoms. The number of amides is 1. The Morgan fingerprint density at radius 1 is 1.18 bits per heavy atom. The average Bonchev–Trinajstić information content (AvgIpc) is 3.12. The topological polar surface area (TPSA) is 85.6 Å². The Labute approximate surface area is 160 Å². The van der Waals surface area contributed by atoms with E-state index < -0.39 is 0 Å². The lowest BCUT2D eigenvalue weighted by Gasteiger charge is -2.24. The predicted octanol–water partition coefficient (Wildman–Crippen LogP) is 3.21. The Morgan fingerprint density at radius 2 is 1.82 bits per heavy atom. The number of halogens is 1. The van der Waals surface area contributed by atoms with Gasteiger partial charge >= 0.3 is 0 Å². The Kier molecular flexibility index (Phi) is 4.38. The van der Waals surface area contributed by atoms with E-state index in [0.29, 0.717) is 17.2 Å². The summed E-state index contributed by atoms with van der Waals surface area (Å²) in [6.45, 7) is 0. The zero-order valence-electron chi connectivity index (χ0n) is 15.3. The quantitative estimate of drug-likeness (QED) is 0.723. The number of fused-ring (bicyclic) bond motifs is 1. The van der Waals surface area contributed by atoms with Crippen LogP contribution in [-0.2, 0) is 4.79 Å². The maximum Gasteiger partial charge on any atom is 0.226 e. The van der Waals surface area contributed by atoms with Gasteiger partial charge in [-0.05, 0) is 42.0 Å². The van der Waals surface area contributed by atoms with E-state index in [2.05, 4.69) is 10.3 Å². The van der Waals surface area contributed by atoms with Crippen LogP contribution in [0.2, 0.25) is 0 Å². The number of hydrogen-bond donors (Lipinski definition) is 2. The number of benzene rings is 2. The minimum Gasteiger partial charge on any atom is -0.502 e. The van der Waals surface area contributed by atoms with E-state index in [1.807, 2.05) is 0 Å². The van der Waals surface area contributed by atoms with Gasteiger partial charge in [0.1, 0.15) is 18.0 Å². The first-order valence-electron chi connectivity index (χ1n) is 8.59. The molecule has 0 fully saturated rings. The third-order valence-corrected chi connectivity index (χ3v) is 4.78. The van der Waals surface area contributed by atoms with Crippen LogP contribution in [0.5, 0.6) is 17.2 Å². The van der Waals surface area contributed by atoms with Gasteiger partial charge in [0, 0.05) is 18.0 Å². The van der Waals surface area contributed by atoms with Crippen LogP contribution in [0.4, 0.5) is 10.2 Å². The molecule has 7 nitrogen and oxygen atoms in total. The van der Waals surface area contributed by atoms with Crippen molar-refractivity contribution in [1.29, 1.82) is 0 Å². The average molecular weight is 383 g/mol. The van der Waals surface area contributed by atoms with Crippen LogP contribution in [0.15, 0.2) is 42.7 Å². The molecule has 28 heavy (non-hydrogen) atoms. The lowest BCUT2D eigenvalue weighted by Crippen LogP contribution is -2.25. The number of imidazole rings is 1. The van der Waals surface area contributed by atoms with Crippen molar-refractivity contribution >= 4 is 11.7 Å². The maximum atomic E-state index is 13.2. The summed E-state index contributed by atoms with van der Waals surface area (Å²) >= 11 is 0. The Balaban J connectivity index is 1.82. The zero-order valence-corrected chi connectivity index (χ0v) is 15.3. The van der Waals surface area contributed by atoms with Crippen LogP contribution in [0.25, 0.3) is 5.69 Å². The first-order valence-corrected chi connectivity index (χ1v) is 8.59. The van der Waals surface area contributed by atoms with Crippen molar-refractivity contribution in [1.82, 2.24) is 9.55 Å². The smallest absolute Gasteiger partial charge is 0.226 e. The normalized spacial score (nSPS) is 15.7. The van der Waals surface area contributed by atoms with Gasteiger partial charge in [0.25, 0.3) is 0 Å². The number of aromatic hydroxyl groups is 1. The highest BCUT2D eigenvalue weighted by atomic mass is 19.1. The molecule has 0 saturated carbocycles. The van der Waals surface area contributed by atoms with Crippen molar-refractivity contribution in [3.63, 3.8) is 0 Å². The van der Waals surface area contributed by atoms with E-state index in [4.69, 9.17) is 9.47 Å². The number of carbonyl (C=O) groups is 1. The number of anilines is 1. The fourth-order valence-corrected chi connectivity index (χ4v) is 3.39. The molecule has 0 saturated heterocycles. The van der Waals surface area contributed by atoms with Gasteiger partial charge < -0.3 is 19.9 Å². The fraction of sp³-hybridized carbons (Fsp3) is 0.200. The lowest BCUT2D eigenvalue weighted by molar-refractivity contribution is -0.116. The van der Waals surface area contributed by atoms with Crippen LogP contribution in [-0.4, -0.2) is 34.8 Å². The maximum absolute atomic E-state index is 13.2. The Hall–Kier alpha value is -3.55. The van der Waals surface area contributed by atoms with Crippen LogP contribution in [0, 0.1) is 5.82 Å². The van der Waals surface area contributed by atoms with E-state index in [1.54, 1.807) is 35.2 Å². The molecule has 1 amide bonds. The van der Waals surface area contributed by atoms with Crippen molar-refractivity contribution in [2.45, 2.75) is 12.3 Å². The van der Waals surface area contributed by atoms with Gasteiger partial charge in [-0.1, -0.05) is 0 Å². The lowest BCUT2D eigenvalue weighted by atomic mass is 9.89. The first kappa shape index (κ1) is 17.8. The molecule has 1 aromatic heterocycles. The van der Waals surface area contributed by atoms with Gasteiger partial charge in [0.15, 0.2) is 11.5 Å². The molecular formula is C20H18FN3O4. The Morgan fingerprint density at radius 3 is 2.43 bits per heavy atom. The molecule has 2 heterocycles. The number of aromatic nitrogens is 2. The standard InChI is InChI=1S/C20H18FN3O4/c1-27-15-7-11(8-16(28-2)19(15)26)14-9-17(25)23-20-18(14)22-10-24(20)13-5-3-12(21)4-6-13/h3-8,10,14,26H,9H2,1-2H3,(H,23,25)/t14-/m1/s1. The van der Waals surface area contributed by atoms with Gasteiger partial charge in [0.05, 0.1) is 19.9 Å². The predicted molar refractivity (Wildman–Crippen MR) is 99.8 cm³/mol. The number of carbonyl (C=O) groups excluding carboxylic acids is 1. The van der Waals surface area contributed by atoms with Crippen molar-refractivity contribution in [3.8, 4) is 22.9 Å². The van der Waals surface area contributed by atoms with E-state index >= 15 is 0 Å². The van der Waals surface area contributed by atoms with Gasteiger partial charge in [0.2, 0.25) is 11.7 Å². The summed E-state index contributed by atoms with van der Waals surface area (Å²) < 4.78 is 25.4. The van der Waals surface area contributed by atoms with Crippen LogP contribution < -0.4 is 14.8 Å². The number of ether oxygens (including phenoxy) is 2. The molecule has 4 rings (SSSR count). The zero-order chi connectivity index (χ0) is 19.8. The summed E-state index contributed by atoms with van der Waals surface area (Å²) in [5.74, 6) is 0.0498. The number of phenols is 1. The highest BCUT2D eigenvalue weighted by molar-refractivity contribution is 5.94. The number of nitrogens with one attached hydrogen (secondary N) is 1. The molecule has 1 aliphatic rings. The summed E-state index contributed by atoms with van der Waals surface area (Å²) in [7, 11) is 2.89. The summed E-state index contributed by atoms with van der Waals surface area (Å²) in [5.41, 5.74) is 2.07. The third-order valence-electron chi connectivity index (χ3n) is 4.78. The second-order valence-corrected chi connectivity index (χ2v) is 6.40. The van der Waals surface area contributed by atoms with Crippen LogP contribution >= 0.6 is 0 Å². The van der Waals surface area contributed by atoms with Gasteiger partial charge in [-0.2, -0.15) is 0 Å². The Bertz CT molecular complexity index is 1020. The molecule has 0 radical (unpaired) electrons. The minimum absolute atomic E-state index is 0.105. The summed E-state index contributed by atoms with van der Waals surface area (Å²) in [6.07, 6.45) is 1.77. The van der Waals surface area contributed by atoms with Crippen molar-refractivity contribution in [2.24, 2.45) is 0 Å². The number of methoxy groups -OCH3 is 2. The summed E-state index contributed by atoms with van der Waals surface area (Å²) in [6, 6.07) is 9.25. The van der Waals surface area contributed by atoms with Crippen LogP contribution in [0.3, 0.4) is 0 Å². The number of phenolic OH excluding ortho intramolecular Hbond substituents is 1. The highest BCUT2D eigenvalue weighted by Crippen LogP contribution is 2.43. The number of nitrogens with zero attached hydrogens (tertiary/aromatic N) is 2. The second-order valence-electron chi connectivity index (χ2n) is 6.40. The SMILES string of the molecule is COc1cc([C@H]2CC(=O)Nc3c2ncn3-c2ccc(F)cc2)cc(OC)c1O. The van der Waals surface area contributed by atoms with Crippen molar-refractivity contribution in [2.75, 3.05) is 19.5 Å². The van der Waals surface area contributed by atoms with Gasteiger partial charge in [-0.3, -0.25) is 9.36 Å². The largest absolute Gasteiger partial charge is 0.502 e. The summed E-state index contributed by atoms with van der Waals surface area (Å²) in [5, 5.41) is 13.0. The van der Waals surface area contributed by atoms with Crippen LogP contribution in [0.1, 0.15) is 23.6 Å². The van der Waals surface area contributed by atoms with E-state index in [-0.39, 0.29) is 41.3 Å². The van der Waals surface area contributed by atoms with E-state index in [1.165, 1.54) is 26.4 Å².